The van der Waals surface area contributed by atoms with Gasteiger partial charge in [-0.3, -0.25) is 9.59 Å². The van der Waals surface area contributed by atoms with Gasteiger partial charge in [0.1, 0.15) is 0 Å². The van der Waals surface area contributed by atoms with Gasteiger partial charge in [0.2, 0.25) is 11.8 Å². The molecule has 0 spiro atoms. The van der Waals surface area contributed by atoms with Crippen molar-refractivity contribution in [3.8, 4) is 0 Å². The highest BCUT2D eigenvalue weighted by atomic mass is 16.2. The summed E-state index contributed by atoms with van der Waals surface area (Å²) in [5.74, 6) is -0.449. The molecule has 0 aromatic heterocycles. The zero-order valence-corrected chi connectivity index (χ0v) is 15.5. The van der Waals surface area contributed by atoms with Crippen molar-refractivity contribution >= 4 is 34.0 Å². The number of aryl methyl sites for hydroxylation is 2. The van der Waals surface area contributed by atoms with E-state index in [1.165, 1.54) is 0 Å². The zero-order chi connectivity index (χ0) is 19.0. The Labute approximate surface area is 158 Å². The van der Waals surface area contributed by atoms with Crippen LogP contribution in [0.3, 0.4) is 0 Å². The van der Waals surface area contributed by atoms with E-state index in [2.05, 4.69) is 5.32 Å². The van der Waals surface area contributed by atoms with Crippen molar-refractivity contribution in [3.63, 3.8) is 0 Å². The third kappa shape index (κ3) is 3.43. The number of carbonyl (C=O) groups excluding carboxylic acids is 2. The maximum atomic E-state index is 12.7. The van der Waals surface area contributed by atoms with E-state index < -0.39 is 0 Å². The number of hydrogen-bond acceptors (Lipinski definition) is 2. The number of nitrogens with zero attached hydrogens (tertiary/aromatic N) is 1. The molecular weight excluding hydrogens is 336 g/mol. The predicted octanol–water partition coefficient (Wildman–Crippen LogP) is 4.45. The molecule has 0 unspecified atom stereocenters. The van der Waals surface area contributed by atoms with Gasteiger partial charge in [-0.25, -0.2) is 0 Å². The van der Waals surface area contributed by atoms with Crippen LogP contribution < -0.4 is 10.2 Å². The Morgan fingerprint density at radius 1 is 1.00 bits per heavy atom. The van der Waals surface area contributed by atoms with E-state index in [1.54, 1.807) is 4.90 Å². The molecule has 27 heavy (non-hydrogen) atoms. The van der Waals surface area contributed by atoms with E-state index in [0.717, 1.165) is 33.3 Å². The third-order valence-electron chi connectivity index (χ3n) is 5.19. The molecule has 4 rings (SSSR count). The molecule has 2 amide bonds. The molecule has 1 aliphatic heterocycles. The summed E-state index contributed by atoms with van der Waals surface area (Å²) in [5, 5.41) is 5.22. The van der Waals surface area contributed by atoms with Gasteiger partial charge in [-0.15, -0.1) is 0 Å². The number of hydrogen-bond donors (Lipinski definition) is 1. The van der Waals surface area contributed by atoms with E-state index in [4.69, 9.17) is 0 Å². The number of nitrogens with one attached hydrogen (secondary N) is 1. The standard InChI is InChI=1S/C23H22N2O2/c1-15-7-8-16(2)21(11-15)24-23(27)19-13-22(26)25(14-19)20-10-9-17-5-3-4-6-18(17)12-20/h3-12,19H,13-14H2,1-2H3,(H,24,27)/t19-/m0/s1. The number of benzene rings is 3. The van der Waals surface area contributed by atoms with E-state index >= 15 is 0 Å². The minimum absolute atomic E-state index is 0.00797. The summed E-state index contributed by atoms with van der Waals surface area (Å²) in [4.78, 5) is 27.0. The van der Waals surface area contributed by atoms with Crippen LogP contribution in [-0.4, -0.2) is 18.4 Å². The second-order valence-corrected chi connectivity index (χ2v) is 7.24. The molecule has 1 N–H and O–H groups in total. The molecular formula is C23H22N2O2. The van der Waals surface area contributed by atoms with Crippen molar-refractivity contribution in [2.24, 2.45) is 5.92 Å². The van der Waals surface area contributed by atoms with Gasteiger partial charge in [0, 0.05) is 24.3 Å². The largest absolute Gasteiger partial charge is 0.326 e. The van der Waals surface area contributed by atoms with Crippen LogP contribution >= 0.6 is 0 Å². The number of amides is 2. The van der Waals surface area contributed by atoms with E-state index in [9.17, 15) is 9.59 Å². The number of carbonyl (C=O) groups is 2. The average Bonchev–Trinajstić information content (AvgIpc) is 3.06. The molecule has 0 bridgehead atoms. The molecule has 0 saturated carbocycles. The molecule has 1 saturated heterocycles. The first-order valence-corrected chi connectivity index (χ1v) is 9.18. The van der Waals surface area contributed by atoms with Crippen LogP contribution in [0, 0.1) is 19.8 Å². The van der Waals surface area contributed by atoms with Crippen molar-refractivity contribution < 1.29 is 9.59 Å². The zero-order valence-electron chi connectivity index (χ0n) is 15.5. The van der Waals surface area contributed by atoms with Crippen LogP contribution in [0.4, 0.5) is 11.4 Å². The van der Waals surface area contributed by atoms with Crippen LogP contribution in [0.15, 0.2) is 60.7 Å². The quantitative estimate of drug-likeness (QED) is 0.752. The second kappa shape index (κ2) is 6.88. The number of fused-ring (bicyclic) bond motifs is 1. The summed E-state index contributed by atoms with van der Waals surface area (Å²) in [7, 11) is 0. The first-order valence-electron chi connectivity index (χ1n) is 9.18. The molecule has 3 aromatic carbocycles. The molecule has 136 valence electrons. The summed E-state index contributed by atoms with van der Waals surface area (Å²) >= 11 is 0. The number of rotatable bonds is 3. The van der Waals surface area contributed by atoms with Crippen LogP contribution in [0.5, 0.6) is 0 Å². The maximum absolute atomic E-state index is 12.7. The summed E-state index contributed by atoms with van der Waals surface area (Å²) in [5.41, 5.74) is 3.78. The van der Waals surface area contributed by atoms with Gasteiger partial charge >= 0.3 is 0 Å². The van der Waals surface area contributed by atoms with E-state index in [1.807, 2.05) is 74.5 Å². The molecule has 4 nitrogen and oxygen atoms in total. The van der Waals surface area contributed by atoms with E-state index in [0.29, 0.717) is 6.54 Å². The van der Waals surface area contributed by atoms with Crippen LogP contribution in [0.2, 0.25) is 0 Å². The Hall–Kier alpha value is -3.14. The first kappa shape index (κ1) is 17.3. The Morgan fingerprint density at radius 2 is 1.78 bits per heavy atom. The summed E-state index contributed by atoms with van der Waals surface area (Å²) in [6, 6.07) is 20.0. The monoisotopic (exact) mass is 358 g/mol. The lowest BCUT2D eigenvalue weighted by molar-refractivity contribution is -0.122. The van der Waals surface area contributed by atoms with Gasteiger partial charge in [-0.1, -0.05) is 42.5 Å². The molecule has 1 aliphatic rings. The molecule has 0 aliphatic carbocycles. The molecule has 1 fully saturated rings. The minimum Gasteiger partial charge on any atom is -0.326 e. The average molecular weight is 358 g/mol. The van der Waals surface area contributed by atoms with Crippen LogP contribution in [0.1, 0.15) is 17.5 Å². The van der Waals surface area contributed by atoms with Gasteiger partial charge < -0.3 is 10.2 Å². The summed E-state index contributed by atoms with van der Waals surface area (Å²) in [6.07, 6.45) is 0.240. The highest BCUT2D eigenvalue weighted by Crippen LogP contribution is 2.29. The fraction of sp³-hybridized carbons (Fsp3) is 0.217. The Morgan fingerprint density at radius 3 is 2.59 bits per heavy atom. The summed E-state index contributed by atoms with van der Waals surface area (Å²) < 4.78 is 0. The smallest absolute Gasteiger partial charge is 0.229 e. The molecule has 0 radical (unpaired) electrons. The fourth-order valence-corrected chi connectivity index (χ4v) is 3.58. The highest BCUT2D eigenvalue weighted by molar-refractivity contribution is 6.04. The lowest BCUT2D eigenvalue weighted by atomic mass is 10.1. The van der Waals surface area contributed by atoms with Crippen LogP contribution in [-0.2, 0) is 9.59 Å². The van der Waals surface area contributed by atoms with Gasteiger partial charge in [0.25, 0.3) is 0 Å². The molecule has 4 heteroatoms. The van der Waals surface area contributed by atoms with Crippen molar-refractivity contribution in [2.75, 3.05) is 16.8 Å². The van der Waals surface area contributed by atoms with Gasteiger partial charge in [-0.2, -0.15) is 0 Å². The van der Waals surface area contributed by atoms with Crippen molar-refractivity contribution in [2.45, 2.75) is 20.3 Å². The Balaban J connectivity index is 1.52. The van der Waals surface area contributed by atoms with Crippen LogP contribution in [0.25, 0.3) is 10.8 Å². The molecule has 1 heterocycles. The first-order chi connectivity index (χ1) is 13.0. The molecule has 3 aromatic rings. The third-order valence-corrected chi connectivity index (χ3v) is 5.19. The van der Waals surface area contributed by atoms with Gasteiger partial charge in [0.15, 0.2) is 0 Å². The normalized spacial score (nSPS) is 16.7. The fourth-order valence-electron chi connectivity index (χ4n) is 3.58. The maximum Gasteiger partial charge on any atom is 0.229 e. The predicted molar refractivity (Wildman–Crippen MR) is 109 cm³/mol. The highest BCUT2D eigenvalue weighted by Gasteiger charge is 2.35. The van der Waals surface area contributed by atoms with Crippen molar-refractivity contribution in [1.82, 2.24) is 0 Å². The van der Waals surface area contributed by atoms with Gasteiger partial charge in [-0.05, 0) is 53.9 Å². The topological polar surface area (TPSA) is 49.4 Å². The van der Waals surface area contributed by atoms with Gasteiger partial charge in [0.05, 0.1) is 5.92 Å². The Bertz CT molecular complexity index is 1040. The number of anilines is 2. The lowest BCUT2D eigenvalue weighted by Crippen LogP contribution is -2.28. The Kier molecular flexibility index (Phi) is 4.40. The van der Waals surface area contributed by atoms with Crippen molar-refractivity contribution in [1.29, 1.82) is 0 Å². The summed E-state index contributed by atoms with van der Waals surface area (Å²) in [6.45, 7) is 4.37. The SMILES string of the molecule is Cc1ccc(C)c(NC(=O)[C@H]2CC(=O)N(c3ccc4ccccc4c3)C2)c1. The minimum atomic E-state index is -0.344. The van der Waals surface area contributed by atoms with E-state index in [-0.39, 0.29) is 24.2 Å². The lowest BCUT2D eigenvalue weighted by Gasteiger charge is -2.18. The molecule has 1 atom stereocenters. The van der Waals surface area contributed by atoms with Crippen molar-refractivity contribution in [3.05, 3.63) is 71.8 Å². The second-order valence-electron chi connectivity index (χ2n) is 7.24.